The van der Waals surface area contributed by atoms with Crippen molar-refractivity contribution < 1.29 is 0 Å². The van der Waals surface area contributed by atoms with Crippen LogP contribution in [0.2, 0.25) is 0 Å². The van der Waals surface area contributed by atoms with Crippen LogP contribution < -0.4 is 5.56 Å². The van der Waals surface area contributed by atoms with Gasteiger partial charge < -0.3 is 0 Å². The van der Waals surface area contributed by atoms with E-state index in [4.69, 9.17) is 5.10 Å². The second-order valence-electron chi connectivity index (χ2n) is 7.85. The summed E-state index contributed by atoms with van der Waals surface area (Å²) in [5.74, 6) is 0.451. The fraction of sp³-hybridized carbons (Fsp3) is 0.429. The van der Waals surface area contributed by atoms with Gasteiger partial charge in [-0.25, -0.2) is 4.68 Å². The highest BCUT2D eigenvalue weighted by molar-refractivity contribution is 5.56. The fourth-order valence-electron chi connectivity index (χ4n) is 4.20. The molecule has 0 spiro atoms. The summed E-state index contributed by atoms with van der Waals surface area (Å²) in [6, 6.07) is 9.46. The molecule has 28 heavy (non-hydrogen) atoms. The summed E-state index contributed by atoms with van der Waals surface area (Å²) < 4.78 is 3.77. The molecule has 7 nitrogen and oxygen atoms in total. The standard InChI is InChI=1S/C21H24N6O/c28-21-7-6-20(17-4-3-8-22-11-17)24-27(21)14-16-12-25(13-16)15-18-10-19-5-1-2-9-26(19)23-18/h3-4,6-8,10-11,16H,1-2,5,9,12-15H2. The van der Waals surface area contributed by atoms with Gasteiger partial charge in [0.1, 0.15) is 0 Å². The fourth-order valence-corrected chi connectivity index (χ4v) is 4.20. The van der Waals surface area contributed by atoms with Gasteiger partial charge in [0.15, 0.2) is 0 Å². The highest BCUT2D eigenvalue weighted by Crippen LogP contribution is 2.22. The van der Waals surface area contributed by atoms with E-state index in [1.54, 1.807) is 29.2 Å². The Hall–Kier alpha value is -2.80. The van der Waals surface area contributed by atoms with E-state index in [1.807, 2.05) is 12.1 Å². The Morgan fingerprint density at radius 2 is 2.04 bits per heavy atom. The van der Waals surface area contributed by atoms with Crippen molar-refractivity contribution in [3.05, 3.63) is 64.5 Å². The lowest BCUT2D eigenvalue weighted by molar-refractivity contribution is 0.0752. The summed E-state index contributed by atoms with van der Waals surface area (Å²) in [5, 5.41) is 9.29. The number of rotatable bonds is 5. The summed E-state index contributed by atoms with van der Waals surface area (Å²) in [7, 11) is 0. The molecule has 7 heteroatoms. The van der Waals surface area contributed by atoms with Crippen molar-refractivity contribution in [1.29, 1.82) is 0 Å². The van der Waals surface area contributed by atoms with Crippen LogP contribution >= 0.6 is 0 Å². The molecule has 0 N–H and O–H groups in total. The average molecular weight is 376 g/mol. The lowest BCUT2D eigenvalue weighted by Gasteiger charge is -2.38. The molecule has 0 saturated carbocycles. The molecule has 5 heterocycles. The Bertz CT molecular complexity index is 995. The van der Waals surface area contributed by atoms with E-state index < -0.39 is 0 Å². The van der Waals surface area contributed by atoms with E-state index in [0.29, 0.717) is 12.5 Å². The third-order valence-electron chi connectivity index (χ3n) is 5.64. The van der Waals surface area contributed by atoms with Gasteiger partial charge in [-0.2, -0.15) is 10.2 Å². The van der Waals surface area contributed by atoms with E-state index in [2.05, 4.69) is 25.7 Å². The third kappa shape index (κ3) is 3.49. The normalized spacial score (nSPS) is 17.3. The van der Waals surface area contributed by atoms with Crippen molar-refractivity contribution in [3.63, 3.8) is 0 Å². The van der Waals surface area contributed by atoms with Gasteiger partial charge in [-0.15, -0.1) is 0 Å². The van der Waals surface area contributed by atoms with E-state index in [0.717, 1.165) is 43.9 Å². The maximum atomic E-state index is 12.2. The minimum Gasteiger partial charge on any atom is -0.297 e. The number of aromatic nitrogens is 5. The van der Waals surface area contributed by atoms with Crippen molar-refractivity contribution >= 4 is 0 Å². The summed E-state index contributed by atoms with van der Waals surface area (Å²) in [5.41, 5.74) is 4.21. The lowest BCUT2D eigenvalue weighted by Crippen LogP contribution is -2.49. The van der Waals surface area contributed by atoms with Gasteiger partial charge >= 0.3 is 0 Å². The molecule has 2 aliphatic rings. The summed E-state index contributed by atoms with van der Waals surface area (Å²) in [6.07, 6.45) is 7.17. The number of likely N-dealkylation sites (tertiary alicyclic amines) is 1. The molecule has 0 unspecified atom stereocenters. The molecule has 3 aromatic rings. The molecule has 2 aliphatic heterocycles. The van der Waals surface area contributed by atoms with Gasteiger partial charge in [0.05, 0.1) is 17.9 Å². The smallest absolute Gasteiger partial charge is 0.266 e. The van der Waals surface area contributed by atoms with Crippen molar-refractivity contribution in [2.45, 2.75) is 38.9 Å². The average Bonchev–Trinajstić information content (AvgIpc) is 3.11. The molecule has 1 saturated heterocycles. The van der Waals surface area contributed by atoms with Crippen LogP contribution in [0.15, 0.2) is 47.5 Å². The predicted molar refractivity (Wildman–Crippen MR) is 106 cm³/mol. The molecular formula is C21H24N6O. The monoisotopic (exact) mass is 376 g/mol. The molecule has 5 rings (SSSR count). The first kappa shape index (κ1) is 17.3. The van der Waals surface area contributed by atoms with Crippen LogP contribution in [0, 0.1) is 5.92 Å². The molecule has 3 aromatic heterocycles. The summed E-state index contributed by atoms with van der Waals surface area (Å²) >= 11 is 0. The van der Waals surface area contributed by atoms with Crippen LogP contribution in [0.1, 0.15) is 24.2 Å². The van der Waals surface area contributed by atoms with E-state index in [9.17, 15) is 4.79 Å². The molecule has 0 bridgehead atoms. The first-order valence-corrected chi connectivity index (χ1v) is 10.0. The molecular weight excluding hydrogens is 352 g/mol. The zero-order chi connectivity index (χ0) is 18.9. The number of aryl methyl sites for hydroxylation is 2. The van der Waals surface area contributed by atoms with Crippen LogP contribution in [-0.4, -0.2) is 42.5 Å². The summed E-state index contributed by atoms with van der Waals surface area (Å²) in [4.78, 5) is 18.8. The van der Waals surface area contributed by atoms with Gasteiger partial charge in [0.2, 0.25) is 0 Å². The third-order valence-corrected chi connectivity index (χ3v) is 5.64. The van der Waals surface area contributed by atoms with E-state index in [-0.39, 0.29) is 5.56 Å². The SMILES string of the molecule is O=c1ccc(-c2cccnc2)nn1CC1CN(Cc2cc3n(n2)CCCC3)C1. The van der Waals surface area contributed by atoms with E-state index in [1.165, 1.54) is 24.2 Å². The molecule has 144 valence electrons. The number of fused-ring (bicyclic) bond motifs is 1. The zero-order valence-electron chi connectivity index (χ0n) is 15.9. The van der Waals surface area contributed by atoms with Crippen LogP contribution in [-0.2, 0) is 26.1 Å². The van der Waals surface area contributed by atoms with Gasteiger partial charge in [0, 0.05) is 61.8 Å². The highest BCUT2D eigenvalue weighted by Gasteiger charge is 2.28. The molecule has 0 aliphatic carbocycles. The van der Waals surface area contributed by atoms with Crippen molar-refractivity contribution in [2.24, 2.45) is 5.92 Å². The number of nitrogens with zero attached hydrogens (tertiary/aromatic N) is 6. The predicted octanol–water partition coefficient (Wildman–Crippen LogP) is 1.97. The van der Waals surface area contributed by atoms with Crippen molar-refractivity contribution in [1.82, 2.24) is 29.4 Å². The quantitative estimate of drug-likeness (QED) is 0.681. The second kappa shape index (κ2) is 7.31. The van der Waals surface area contributed by atoms with Gasteiger partial charge in [0.25, 0.3) is 5.56 Å². The van der Waals surface area contributed by atoms with Crippen LogP contribution in [0.4, 0.5) is 0 Å². The molecule has 0 amide bonds. The molecule has 1 fully saturated rings. The van der Waals surface area contributed by atoms with Crippen LogP contribution in [0.5, 0.6) is 0 Å². The highest BCUT2D eigenvalue weighted by atomic mass is 16.1. The summed E-state index contributed by atoms with van der Waals surface area (Å²) in [6.45, 7) is 4.57. The zero-order valence-corrected chi connectivity index (χ0v) is 15.9. The van der Waals surface area contributed by atoms with Crippen LogP contribution in [0.25, 0.3) is 11.3 Å². The van der Waals surface area contributed by atoms with Crippen molar-refractivity contribution in [3.8, 4) is 11.3 Å². The Kier molecular flexibility index (Phi) is 4.52. The Labute approximate surface area is 163 Å². The van der Waals surface area contributed by atoms with E-state index >= 15 is 0 Å². The first-order chi connectivity index (χ1) is 13.7. The maximum Gasteiger partial charge on any atom is 0.266 e. The number of pyridine rings is 1. The van der Waals surface area contributed by atoms with Gasteiger partial charge in [-0.05, 0) is 43.5 Å². The minimum absolute atomic E-state index is 0.0483. The second-order valence-corrected chi connectivity index (χ2v) is 7.85. The van der Waals surface area contributed by atoms with Crippen molar-refractivity contribution in [2.75, 3.05) is 13.1 Å². The minimum atomic E-state index is -0.0483. The Morgan fingerprint density at radius 3 is 2.86 bits per heavy atom. The number of hydrogen-bond donors (Lipinski definition) is 0. The Balaban J connectivity index is 1.21. The van der Waals surface area contributed by atoms with Crippen LogP contribution in [0.3, 0.4) is 0 Å². The molecule has 0 aromatic carbocycles. The maximum absolute atomic E-state index is 12.2. The van der Waals surface area contributed by atoms with Gasteiger partial charge in [-0.3, -0.25) is 19.4 Å². The number of hydrogen-bond acceptors (Lipinski definition) is 5. The Morgan fingerprint density at radius 1 is 1.11 bits per heavy atom. The largest absolute Gasteiger partial charge is 0.297 e. The molecule has 0 atom stereocenters. The van der Waals surface area contributed by atoms with Gasteiger partial charge in [-0.1, -0.05) is 0 Å². The topological polar surface area (TPSA) is 68.8 Å². The first-order valence-electron chi connectivity index (χ1n) is 10.0. The molecule has 0 radical (unpaired) electrons. The lowest BCUT2D eigenvalue weighted by atomic mass is 10.00.